The number of esters is 1. The van der Waals surface area contributed by atoms with Crippen molar-refractivity contribution in [2.45, 2.75) is 39.5 Å². The van der Waals surface area contributed by atoms with Crippen LogP contribution in [0.4, 0.5) is 0 Å². The normalized spacial score (nSPS) is 11.4. The molecule has 0 aromatic carbocycles. The topological polar surface area (TPSA) is 46.5 Å². The molecule has 0 saturated heterocycles. The molecule has 1 N–H and O–H groups in total. The van der Waals surface area contributed by atoms with Gasteiger partial charge >= 0.3 is 5.97 Å². The van der Waals surface area contributed by atoms with Crippen LogP contribution in [-0.4, -0.2) is 17.7 Å². The molecule has 0 fully saturated rings. The van der Waals surface area contributed by atoms with E-state index in [0.717, 1.165) is 25.5 Å². The van der Waals surface area contributed by atoms with Crippen molar-refractivity contribution < 1.29 is 14.6 Å². The highest BCUT2D eigenvalue weighted by Crippen LogP contribution is 2.09. The lowest BCUT2D eigenvalue weighted by molar-refractivity contribution is -0.138. The van der Waals surface area contributed by atoms with E-state index >= 15 is 0 Å². The van der Waals surface area contributed by atoms with Gasteiger partial charge in [0.25, 0.3) is 0 Å². The van der Waals surface area contributed by atoms with Gasteiger partial charge in [-0.25, -0.2) is 4.79 Å². The van der Waals surface area contributed by atoms with Crippen LogP contribution in [0.2, 0.25) is 0 Å². The molecule has 0 amide bonds. The van der Waals surface area contributed by atoms with E-state index in [4.69, 9.17) is 9.84 Å². The quantitative estimate of drug-likeness (QED) is 0.300. The Balaban J connectivity index is 3.83. The van der Waals surface area contributed by atoms with E-state index in [-0.39, 0.29) is 0 Å². The van der Waals surface area contributed by atoms with Gasteiger partial charge in [-0.1, -0.05) is 19.8 Å². The molecule has 0 aromatic heterocycles. The molecule has 0 aliphatic carbocycles. The molecular weight excluding hydrogens is 168 g/mol. The van der Waals surface area contributed by atoms with Gasteiger partial charge < -0.3 is 9.84 Å². The zero-order chi connectivity index (χ0) is 10.1. The van der Waals surface area contributed by atoms with Crippen molar-refractivity contribution in [3.8, 4) is 0 Å². The van der Waals surface area contributed by atoms with Gasteiger partial charge in [0.2, 0.25) is 0 Å². The molecule has 0 aromatic rings. The van der Waals surface area contributed by atoms with E-state index in [9.17, 15) is 4.79 Å². The standard InChI is InChI=1S/C10H18O3/c1-3-5-6-7-9(8-11)10(12)13-4-2/h8,11H,3-7H2,1-2H3/b9-8+. The number of hydrogen-bond acceptors (Lipinski definition) is 3. The molecule has 3 nitrogen and oxygen atoms in total. The third-order valence-electron chi connectivity index (χ3n) is 1.74. The van der Waals surface area contributed by atoms with Gasteiger partial charge in [-0.3, -0.25) is 0 Å². The molecule has 3 heteroatoms. The van der Waals surface area contributed by atoms with Crippen LogP contribution in [0.3, 0.4) is 0 Å². The van der Waals surface area contributed by atoms with Crippen LogP contribution in [0, 0.1) is 0 Å². The Kier molecular flexibility index (Phi) is 7.07. The fraction of sp³-hybridized carbons (Fsp3) is 0.700. The van der Waals surface area contributed by atoms with E-state index in [1.165, 1.54) is 0 Å². The molecule has 0 saturated carbocycles. The van der Waals surface area contributed by atoms with Crippen molar-refractivity contribution in [3.05, 3.63) is 11.8 Å². The Morgan fingerprint density at radius 2 is 2.08 bits per heavy atom. The van der Waals surface area contributed by atoms with Crippen LogP contribution in [0.1, 0.15) is 39.5 Å². The number of carbonyl (C=O) groups excluding carboxylic acids is 1. The van der Waals surface area contributed by atoms with E-state index in [1.54, 1.807) is 6.92 Å². The summed E-state index contributed by atoms with van der Waals surface area (Å²) in [6, 6.07) is 0. The number of rotatable bonds is 6. The summed E-state index contributed by atoms with van der Waals surface area (Å²) in [6.07, 6.45) is 4.54. The third kappa shape index (κ3) is 5.28. The zero-order valence-corrected chi connectivity index (χ0v) is 8.38. The predicted molar refractivity (Wildman–Crippen MR) is 51.5 cm³/mol. The first-order valence-corrected chi connectivity index (χ1v) is 4.76. The number of ether oxygens (including phenoxy) is 1. The molecule has 0 bridgehead atoms. The average Bonchev–Trinajstić information content (AvgIpc) is 2.13. The molecule has 0 heterocycles. The van der Waals surface area contributed by atoms with Crippen molar-refractivity contribution >= 4 is 5.97 Å². The summed E-state index contributed by atoms with van der Waals surface area (Å²) in [5.41, 5.74) is 0.371. The van der Waals surface area contributed by atoms with Crippen LogP contribution >= 0.6 is 0 Å². The smallest absolute Gasteiger partial charge is 0.337 e. The second kappa shape index (κ2) is 7.65. The van der Waals surface area contributed by atoms with Crippen LogP contribution in [0.25, 0.3) is 0 Å². The number of unbranched alkanes of at least 4 members (excludes halogenated alkanes) is 2. The van der Waals surface area contributed by atoms with Gasteiger partial charge in [-0.15, -0.1) is 0 Å². The minimum atomic E-state index is -0.402. The maximum atomic E-state index is 11.1. The molecule has 0 unspecified atom stereocenters. The maximum absolute atomic E-state index is 11.1. The van der Waals surface area contributed by atoms with Gasteiger partial charge in [0, 0.05) is 0 Å². The molecule has 0 spiro atoms. The first-order valence-electron chi connectivity index (χ1n) is 4.76. The van der Waals surface area contributed by atoms with Crippen molar-refractivity contribution in [1.82, 2.24) is 0 Å². The highest BCUT2D eigenvalue weighted by atomic mass is 16.5. The van der Waals surface area contributed by atoms with Gasteiger partial charge in [-0.2, -0.15) is 0 Å². The predicted octanol–water partition coefficient (Wildman–Crippen LogP) is 2.57. The van der Waals surface area contributed by atoms with E-state index < -0.39 is 5.97 Å². The van der Waals surface area contributed by atoms with Gasteiger partial charge in [0.15, 0.2) is 0 Å². The minimum Gasteiger partial charge on any atom is -0.515 e. The van der Waals surface area contributed by atoms with Crippen molar-refractivity contribution in [2.24, 2.45) is 0 Å². The Bertz CT molecular complexity index is 173. The second-order valence-electron chi connectivity index (χ2n) is 2.83. The summed E-state index contributed by atoms with van der Waals surface area (Å²) >= 11 is 0. The van der Waals surface area contributed by atoms with Gasteiger partial charge in [0.1, 0.15) is 0 Å². The Morgan fingerprint density at radius 3 is 2.54 bits per heavy atom. The van der Waals surface area contributed by atoms with Crippen molar-refractivity contribution in [2.75, 3.05) is 6.61 Å². The third-order valence-corrected chi connectivity index (χ3v) is 1.74. The summed E-state index contributed by atoms with van der Waals surface area (Å²) < 4.78 is 4.76. The largest absolute Gasteiger partial charge is 0.515 e. The number of aliphatic hydroxyl groups excluding tert-OH is 1. The van der Waals surface area contributed by atoms with Crippen LogP contribution in [-0.2, 0) is 9.53 Å². The second-order valence-corrected chi connectivity index (χ2v) is 2.83. The monoisotopic (exact) mass is 186 g/mol. The molecule has 0 atom stereocenters. The molecule has 76 valence electrons. The summed E-state index contributed by atoms with van der Waals surface area (Å²) in [6.45, 7) is 4.19. The summed E-state index contributed by atoms with van der Waals surface area (Å²) in [5, 5.41) is 8.76. The Hall–Kier alpha value is -0.990. The summed E-state index contributed by atoms with van der Waals surface area (Å²) in [5.74, 6) is -0.402. The first kappa shape index (κ1) is 12.0. The zero-order valence-electron chi connectivity index (χ0n) is 8.38. The lowest BCUT2D eigenvalue weighted by atomic mass is 10.1. The van der Waals surface area contributed by atoms with Gasteiger partial charge in [-0.05, 0) is 19.8 Å². The number of carbonyl (C=O) groups is 1. The average molecular weight is 186 g/mol. The summed E-state index contributed by atoms with van der Waals surface area (Å²) in [4.78, 5) is 11.1. The van der Waals surface area contributed by atoms with Crippen molar-refractivity contribution in [1.29, 1.82) is 0 Å². The Morgan fingerprint density at radius 1 is 1.38 bits per heavy atom. The molecule has 13 heavy (non-hydrogen) atoms. The van der Waals surface area contributed by atoms with Gasteiger partial charge in [0.05, 0.1) is 18.4 Å². The van der Waals surface area contributed by atoms with E-state index in [2.05, 4.69) is 6.92 Å². The Labute approximate surface area is 79.4 Å². The molecule has 0 aliphatic heterocycles. The molecule has 0 aliphatic rings. The maximum Gasteiger partial charge on any atom is 0.337 e. The van der Waals surface area contributed by atoms with Crippen LogP contribution < -0.4 is 0 Å². The first-order chi connectivity index (χ1) is 6.26. The number of aliphatic hydroxyl groups is 1. The molecular formula is C10H18O3. The molecule has 0 radical (unpaired) electrons. The lowest BCUT2D eigenvalue weighted by Crippen LogP contribution is -2.07. The highest BCUT2D eigenvalue weighted by molar-refractivity contribution is 5.87. The van der Waals surface area contributed by atoms with Crippen LogP contribution in [0.15, 0.2) is 11.8 Å². The highest BCUT2D eigenvalue weighted by Gasteiger charge is 2.09. The molecule has 0 rings (SSSR count). The lowest BCUT2D eigenvalue weighted by Gasteiger charge is -2.04. The van der Waals surface area contributed by atoms with Crippen LogP contribution in [0.5, 0.6) is 0 Å². The summed E-state index contributed by atoms with van der Waals surface area (Å²) in [7, 11) is 0. The SMILES string of the molecule is CCCCC/C(=C\O)C(=O)OCC. The van der Waals surface area contributed by atoms with E-state index in [0.29, 0.717) is 18.6 Å². The van der Waals surface area contributed by atoms with E-state index in [1.807, 2.05) is 0 Å². The number of hydrogen-bond donors (Lipinski definition) is 1. The minimum absolute atomic E-state index is 0.351. The van der Waals surface area contributed by atoms with Crippen molar-refractivity contribution in [3.63, 3.8) is 0 Å². The fourth-order valence-electron chi connectivity index (χ4n) is 1.01. The fourth-order valence-corrected chi connectivity index (χ4v) is 1.01.